The standard InChI is InChI=1S/C15H22FNO4/c1-10-5-6-11(16)9-12(10)13(7-8-18)17(20)14(19)21-15(2,3)4/h5-6,9,13,18,20H,7-8H2,1-4H3. The number of halogens is 1. The van der Waals surface area contributed by atoms with E-state index in [1.165, 1.54) is 12.1 Å². The molecule has 118 valence electrons. The highest BCUT2D eigenvalue weighted by Crippen LogP contribution is 2.27. The Morgan fingerprint density at radius 3 is 2.57 bits per heavy atom. The molecule has 1 rings (SSSR count). The third kappa shape index (κ3) is 4.99. The Morgan fingerprint density at radius 1 is 1.43 bits per heavy atom. The van der Waals surface area contributed by atoms with Gasteiger partial charge in [-0.1, -0.05) is 6.07 Å². The van der Waals surface area contributed by atoms with Crippen LogP contribution in [0.25, 0.3) is 0 Å². The molecule has 2 N–H and O–H groups in total. The maximum Gasteiger partial charge on any atom is 0.434 e. The van der Waals surface area contributed by atoms with Crippen LogP contribution in [0.3, 0.4) is 0 Å². The highest BCUT2D eigenvalue weighted by atomic mass is 19.1. The van der Waals surface area contributed by atoms with Gasteiger partial charge in [-0.3, -0.25) is 5.21 Å². The smallest absolute Gasteiger partial charge is 0.434 e. The molecular weight excluding hydrogens is 277 g/mol. The van der Waals surface area contributed by atoms with Crippen LogP contribution >= 0.6 is 0 Å². The third-order valence-corrected chi connectivity index (χ3v) is 2.88. The number of hydrogen-bond acceptors (Lipinski definition) is 4. The van der Waals surface area contributed by atoms with Crippen molar-refractivity contribution in [1.82, 2.24) is 5.06 Å². The number of rotatable bonds is 4. The van der Waals surface area contributed by atoms with Gasteiger partial charge in [0.2, 0.25) is 0 Å². The number of ether oxygens (including phenoxy) is 1. The second-order valence-corrected chi connectivity index (χ2v) is 5.85. The van der Waals surface area contributed by atoms with Crippen LogP contribution in [0, 0.1) is 12.7 Å². The fourth-order valence-corrected chi connectivity index (χ4v) is 1.94. The van der Waals surface area contributed by atoms with Gasteiger partial charge in [0.1, 0.15) is 11.4 Å². The maximum atomic E-state index is 13.4. The van der Waals surface area contributed by atoms with Gasteiger partial charge in [0.15, 0.2) is 0 Å². The summed E-state index contributed by atoms with van der Waals surface area (Å²) in [6.07, 6.45) is -0.871. The van der Waals surface area contributed by atoms with Crippen molar-refractivity contribution in [3.8, 4) is 0 Å². The summed E-state index contributed by atoms with van der Waals surface area (Å²) in [4.78, 5) is 11.9. The zero-order valence-corrected chi connectivity index (χ0v) is 12.8. The van der Waals surface area contributed by atoms with E-state index in [0.29, 0.717) is 16.2 Å². The summed E-state index contributed by atoms with van der Waals surface area (Å²) in [5.74, 6) is -0.476. The summed E-state index contributed by atoms with van der Waals surface area (Å²) in [6, 6.07) is 3.21. The predicted molar refractivity (Wildman–Crippen MR) is 75.4 cm³/mol. The molecule has 0 aliphatic heterocycles. The summed E-state index contributed by atoms with van der Waals surface area (Å²) in [6.45, 7) is 6.50. The highest BCUT2D eigenvalue weighted by molar-refractivity contribution is 5.67. The largest absolute Gasteiger partial charge is 0.442 e. The van der Waals surface area contributed by atoms with Crippen LogP contribution in [0.15, 0.2) is 18.2 Å². The van der Waals surface area contributed by atoms with Gasteiger partial charge in [-0.05, 0) is 57.4 Å². The van der Waals surface area contributed by atoms with E-state index in [4.69, 9.17) is 9.84 Å². The first-order valence-electron chi connectivity index (χ1n) is 6.73. The first-order valence-corrected chi connectivity index (χ1v) is 6.73. The molecule has 6 heteroatoms. The third-order valence-electron chi connectivity index (χ3n) is 2.88. The molecule has 0 radical (unpaired) electrons. The van der Waals surface area contributed by atoms with Crippen molar-refractivity contribution in [2.24, 2.45) is 0 Å². The van der Waals surface area contributed by atoms with Crippen molar-refractivity contribution in [3.05, 3.63) is 35.1 Å². The maximum absolute atomic E-state index is 13.4. The number of amides is 1. The summed E-state index contributed by atoms with van der Waals surface area (Å²) < 4.78 is 18.5. The number of aryl methyl sites for hydroxylation is 1. The van der Waals surface area contributed by atoms with Crippen molar-refractivity contribution in [1.29, 1.82) is 0 Å². The first-order chi connectivity index (χ1) is 9.65. The van der Waals surface area contributed by atoms with Gasteiger partial charge in [-0.25, -0.2) is 9.18 Å². The summed E-state index contributed by atoms with van der Waals surface area (Å²) in [7, 11) is 0. The molecule has 0 aromatic heterocycles. The molecule has 1 unspecified atom stereocenters. The van der Waals surface area contributed by atoms with Gasteiger partial charge in [0, 0.05) is 6.61 Å². The molecule has 21 heavy (non-hydrogen) atoms. The van der Waals surface area contributed by atoms with Gasteiger partial charge >= 0.3 is 6.09 Å². The SMILES string of the molecule is Cc1ccc(F)cc1C(CCO)N(O)C(=O)OC(C)(C)C. The number of aliphatic hydroxyl groups excluding tert-OH is 1. The van der Waals surface area contributed by atoms with Crippen LogP contribution in [0.2, 0.25) is 0 Å². The van der Waals surface area contributed by atoms with Crippen molar-refractivity contribution in [2.75, 3.05) is 6.61 Å². The van der Waals surface area contributed by atoms with Gasteiger partial charge in [-0.2, -0.15) is 5.06 Å². The van der Waals surface area contributed by atoms with Gasteiger partial charge in [-0.15, -0.1) is 0 Å². The average Bonchev–Trinajstić information content (AvgIpc) is 2.36. The Balaban J connectivity index is 3.05. The Labute approximate surface area is 123 Å². The number of nitrogens with zero attached hydrogens (tertiary/aromatic N) is 1. The minimum absolute atomic E-state index is 0.0695. The molecule has 1 atom stereocenters. The normalized spacial score (nSPS) is 12.9. The van der Waals surface area contributed by atoms with E-state index in [0.717, 1.165) is 0 Å². The zero-order chi connectivity index (χ0) is 16.2. The molecule has 5 nitrogen and oxygen atoms in total. The lowest BCUT2D eigenvalue weighted by Gasteiger charge is -2.29. The van der Waals surface area contributed by atoms with E-state index in [2.05, 4.69) is 0 Å². The second-order valence-electron chi connectivity index (χ2n) is 5.85. The summed E-state index contributed by atoms with van der Waals surface area (Å²) in [5, 5.41) is 19.6. The van der Waals surface area contributed by atoms with Crippen molar-refractivity contribution in [2.45, 2.75) is 45.8 Å². The Hall–Kier alpha value is -1.66. The molecule has 0 aliphatic rings. The number of benzene rings is 1. The van der Waals surface area contributed by atoms with Crippen LogP contribution in [0.1, 0.15) is 44.4 Å². The fourth-order valence-electron chi connectivity index (χ4n) is 1.94. The molecule has 1 aromatic carbocycles. The number of hydroxylamine groups is 2. The number of aliphatic hydroxyl groups is 1. The lowest BCUT2D eigenvalue weighted by Crippen LogP contribution is -2.37. The van der Waals surface area contributed by atoms with Crippen LogP contribution in [-0.4, -0.2) is 33.7 Å². The van der Waals surface area contributed by atoms with Crippen molar-refractivity contribution in [3.63, 3.8) is 0 Å². The summed E-state index contributed by atoms with van der Waals surface area (Å²) >= 11 is 0. The topological polar surface area (TPSA) is 70.0 Å². The van der Waals surface area contributed by atoms with Crippen LogP contribution < -0.4 is 0 Å². The zero-order valence-electron chi connectivity index (χ0n) is 12.8. The monoisotopic (exact) mass is 299 g/mol. The van der Waals surface area contributed by atoms with Gasteiger partial charge < -0.3 is 9.84 Å². The molecule has 1 aromatic rings. The van der Waals surface area contributed by atoms with Crippen LogP contribution in [0.5, 0.6) is 0 Å². The molecule has 0 saturated carbocycles. The molecule has 0 fully saturated rings. The molecule has 0 aliphatic carbocycles. The van der Waals surface area contributed by atoms with E-state index >= 15 is 0 Å². The van der Waals surface area contributed by atoms with Crippen molar-refractivity contribution >= 4 is 6.09 Å². The average molecular weight is 299 g/mol. The lowest BCUT2D eigenvalue weighted by molar-refractivity contribution is -0.125. The Kier molecular flexibility index (Phi) is 5.69. The molecule has 1 amide bonds. The summed E-state index contributed by atoms with van der Waals surface area (Å²) in [5.41, 5.74) is 0.369. The molecule has 0 bridgehead atoms. The number of carbonyl (C=O) groups excluding carboxylic acids is 1. The van der Waals surface area contributed by atoms with Crippen LogP contribution in [0.4, 0.5) is 9.18 Å². The molecule has 0 heterocycles. The van der Waals surface area contributed by atoms with Crippen LogP contribution in [-0.2, 0) is 4.74 Å². The van der Waals surface area contributed by atoms with E-state index < -0.39 is 23.6 Å². The highest BCUT2D eigenvalue weighted by Gasteiger charge is 2.29. The quantitative estimate of drug-likeness (QED) is 0.661. The minimum Gasteiger partial charge on any atom is -0.442 e. The number of carbonyl (C=O) groups is 1. The molecule has 0 spiro atoms. The predicted octanol–water partition coefficient (Wildman–Crippen LogP) is 3.18. The first kappa shape index (κ1) is 17.4. The van der Waals surface area contributed by atoms with E-state index in [1.807, 2.05) is 0 Å². The lowest BCUT2D eigenvalue weighted by atomic mass is 9.98. The second kappa shape index (κ2) is 6.87. The van der Waals surface area contributed by atoms with Gasteiger partial charge in [0.25, 0.3) is 0 Å². The van der Waals surface area contributed by atoms with Gasteiger partial charge in [0.05, 0.1) is 6.04 Å². The number of hydrogen-bond donors (Lipinski definition) is 2. The minimum atomic E-state index is -0.940. The molecule has 0 saturated heterocycles. The Morgan fingerprint density at radius 2 is 2.05 bits per heavy atom. The van der Waals surface area contributed by atoms with E-state index in [-0.39, 0.29) is 13.0 Å². The van der Waals surface area contributed by atoms with Crippen molar-refractivity contribution < 1.29 is 24.2 Å². The Bertz CT molecular complexity index is 499. The molecular formula is C15H22FNO4. The van der Waals surface area contributed by atoms with E-state index in [1.54, 1.807) is 33.8 Å². The fraction of sp³-hybridized carbons (Fsp3) is 0.533. The van der Waals surface area contributed by atoms with E-state index in [9.17, 15) is 14.4 Å².